The number of methoxy groups -OCH3 is 1. The van der Waals surface area contributed by atoms with Crippen LogP contribution in [-0.4, -0.2) is 15.5 Å². The van der Waals surface area contributed by atoms with Crippen LogP contribution < -0.4 is 4.74 Å². The molecule has 2 aromatic rings. The number of benzene rings is 2. The average molecular weight is 237 g/mol. The quantitative estimate of drug-likeness (QED) is 0.802. The summed E-state index contributed by atoms with van der Waals surface area (Å²) in [6.45, 7) is 0. The lowest BCUT2D eigenvalue weighted by Gasteiger charge is -2.08. The SMILES string of the molecule is COc1ccc2ccccc2c1S([O])(=O)=O. The molecule has 0 aromatic heterocycles. The molecule has 0 bridgehead atoms. The van der Waals surface area contributed by atoms with Crippen LogP contribution in [0, 0.1) is 0 Å². The van der Waals surface area contributed by atoms with Gasteiger partial charge in [-0.1, -0.05) is 34.9 Å². The largest absolute Gasteiger partial charge is 0.495 e. The van der Waals surface area contributed by atoms with Crippen molar-refractivity contribution >= 4 is 20.9 Å². The molecule has 0 saturated heterocycles. The lowest BCUT2D eigenvalue weighted by molar-refractivity contribution is 0.386. The van der Waals surface area contributed by atoms with Crippen molar-refractivity contribution in [2.24, 2.45) is 0 Å². The van der Waals surface area contributed by atoms with E-state index < -0.39 is 10.1 Å². The lowest BCUT2D eigenvalue weighted by Crippen LogP contribution is -2.01. The highest BCUT2D eigenvalue weighted by molar-refractivity contribution is 7.86. The van der Waals surface area contributed by atoms with Gasteiger partial charge in [0.05, 0.1) is 7.11 Å². The molecule has 4 nitrogen and oxygen atoms in total. The number of fused-ring (bicyclic) bond motifs is 1. The van der Waals surface area contributed by atoms with E-state index in [0.29, 0.717) is 10.8 Å². The lowest BCUT2D eigenvalue weighted by atomic mass is 10.1. The maximum absolute atomic E-state index is 11.2. The molecule has 16 heavy (non-hydrogen) atoms. The monoisotopic (exact) mass is 237 g/mol. The summed E-state index contributed by atoms with van der Waals surface area (Å²) in [7, 11) is -3.22. The van der Waals surface area contributed by atoms with Crippen LogP contribution in [0.4, 0.5) is 0 Å². The predicted octanol–water partition coefficient (Wildman–Crippen LogP) is 1.97. The van der Waals surface area contributed by atoms with E-state index in [1.807, 2.05) is 0 Å². The summed E-state index contributed by atoms with van der Waals surface area (Å²) in [5.74, 6) is 0.0775. The zero-order valence-electron chi connectivity index (χ0n) is 8.51. The standard InChI is InChI=1S/C11H9O4S/c1-15-10-7-6-8-4-2-3-5-9(8)11(10)16(12,13)14/h2-7H,1H3. The molecule has 83 valence electrons. The van der Waals surface area contributed by atoms with Gasteiger partial charge < -0.3 is 4.74 Å². The van der Waals surface area contributed by atoms with E-state index in [2.05, 4.69) is 0 Å². The maximum atomic E-state index is 11.2. The Morgan fingerprint density at radius 2 is 1.75 bits per heavy atom. The molecule has 5 heteroatoms. The highest BCUT2D eigenvalue weighted by Gasteiger charge is 2.21. The van der Waals surface area contributed by atoms with Crippen molar-refractivity contribution in [2.45, 2.75) is 4.90 Å². The van der Waals surface area contributed by atoms with Gasteiger partial charge in [0, 0.05) is 5.39 Å². The average Bonchev–Trinajstić information content (AvgIpc) is 2.26. The minimum Gasteiger partial charge on any atom is -0.495 e. The van der Waals surface area contributed by atoms with Gasteiger partial charge in [-0.2, -0.15) is 8.42 Å². The van der Waals surface area contributed by atoms with E-state index in [4.69, 9.17) is 4.74 Å². The summed E-state index contributed by atoms with van der Waals surface area (Å²) >= 11 is 0. The smallest absolute Gasteiger partial charge is 0.328 e. The first-order valence-electron chi connectivity index (χ1n) is 4.55. The predicted molar refractivity (Wildman–Crippen MR) is 58.4 cm³/mol. The van der Waals surface area contributed by atoms with Gasteiger partial charge in [0.2, 0.25) is 0 Å². The second-order valence-electron chi connectivity index (χ2n) is 3.27. The van der Waals surface area contributed by atoms with Gasteiger partial charge in [-0.3, -0.25) is 0 Å². The minimum absolute atomic E-state index is 0.0775. The van der Waals surface area contributed by atoms with Crippen molar-refractivity contribution in [3.05, 3.63) is 36.4 Å². The van der Waals surface area contributed by atoms with Gasteiger partial charge in [0.25, 0.3) is 0 Å². The zero-order chi connectivity index (χ0) is 11.8. The van der Waals surface area contributed by atoms with Crippen molar-refractivity contribution in [3.63, 3.8) is 0 Å². The number of hydrogen-bond acceptors (Lipinski definition) is 3. The molecule has 0 unspecified atom stereocenters. The molecule has 0 spiro atoms. The van der Waals surface area contributed by atoms with Crippen molar-refractivity contribution in [2.75, 3.05) is 7.11 Å². The van der Waals surface area contributed by atoms with Gasteiger partial charge >= 0.3 is 10.1 Å². The van der Waals surface area contributed by atoms with Crippen LogP contribution in [0.1, 0.15) is 0 Å². The molecular weight excluding hydrogens is 228 g/mol. The van der Waals surface area contributed by atoms with Crippen molar-refractivity contribution in [1.29, 1.82) is 0 Å². The fourth-order valence-electron chi connectivity index (χ4n) is 1.64. The normalized spacial score (nSPS) is 11.6. The Morgan fingerprint density at radius 3 is 2.38 bits per heavy atom. The maximum Gasteiger partial charge on any atom is 0.328 e. The molecule has 0 aliphatic carbocycles. The highest BCUT2D eigenvalue weighted by Crippen LogP contribution is 2.31. The molecule has 0 aliphatic rings. The molecule has 0 heterocycles. The Labute approximate surface area is 93.2 Å². The summed E-state index contributed by atoms with van der Waals surface area (Å²) in [6.07, 6.45) is 0. The van der Waals surface area contributed by atoms with Crippen LogP contribution in [0.25, 0.3) is 10.8 Å². The molecule has 0 fully saturated rings. The van der Waals surface area contributed by atoms with Gasteiger partial charge in [0.15, 0.2) is 0 Å². The first-order valence-corrected chi connectivity index (χ1v) is 5.96. The minimum atomic E-state index is -4.55. The highest BCUT2D eigenvalue weighted by atomic mass is 32.2. The first-order chi connectivity index (χ1) is 7.54. The Kier molecular flexibility index (Phi) is 2.57. The molecule has 0 aliphatic heterocycles. The third kappa shape index (κ3) is 1.75. The molecule has 0 N–H and O–H groups in total. The summed E-state index contributed by atoms with van der Waals surface area (Å²) < 4.78 is 38.5. The summed E-state index contributed by atoms with van der Waals surface area (Å²) in [6, 6.07) is 9.97. The Balaban J connectivity index is 2.95. The number of ether oxygens (including phenoxy) is 1. The van der Waals surface area contributed by atoms with Crippen molar-refractivity contribution in [1.82, 2.24) is 0 Å². The topological polar surface area (TPSA) is 63.3 Å². The summed E-state index contributed by atoms with van der Waals surface area (Å²) in [5, 5.41) is 1.08. The van der Waals surface area contributed by atoms with E-state index in [-0.39, 0.29) is 10.6 Å². The Hall–Kier alpha value is -1.59. The Morgan fingerprint density at radius 1 is 1.06 bits per heavy atom. The van der Waals surface area contributed by atoms with Gasteiger partial charge in [-0.05, 0) is 11.5 Å². The molecule has 0 atom stereocenters. The van der Waals surface area contributed by atoms with Gasteiger partial charge in [-0.25, -0.2) is 0 Å². The van der Waals surface area contributed by atoms with E-state index in [1.165, 1.54) is 13.2 Å². The summed E-state index contributed by atoms with van der Waals surface area (Å²) in [5.41, 5.74) is 0. The van der Waals surface area contributed by atoms with Crippen LogP contribution in [-0.2, 0) is 14.7 Å². The second kappa shape index (κ2) is 3.77. The zero-order valence-corrected chi connectivity index (χ0v) is 9.32. The van der Waals surface area contributed by atoms with Crippen LogP contribution in [0.5, 0.6) is 5.75 Å². The van der Waals surface area contributed by atoms with Gasteiger partial charge in [0.1, 0.15) is 10.6 Å². The third-order valence-electron chi connectivity index (χ3n) is 2.31. The fourth-order valence-corrected chi connectivity index (χ4v) is 2.49. The van der Waals surface area contributed by atoms with E-state index in [0.717, 1.165) is 0 Å². The van der Waals surface area contributed by atoms with E-state index in [1.54, 1.807) is 30.3 Å². The first kappa shape index (κ1) is 10.9. The van der Waals surface area contributed by atoms with Crippen LogP contribution >= 0.6 is 0 Å². The third-order valence-corrected chi connectivity index (χ3v) is 3.23. The van der Waals surface area contributed by atoms with Crippen LogP contribution in [0.2, 0.25) is 0 Å². The molecule has 0 amide bonds. The second-order valence-corrected chi connectivity index (χ2v) is 4.59. The molecule has 1 radical (unpaired) electrons. The number of rotatable bonds is 2. The van der Waals surface area contributed by atoms with Crippen LogP contribution in [0.3, 0.4) is 0 Å². The molecule has 0 saturated carbocycles. The Bertz CT molecular complexity index is 631. The number of hydrogen-bond donors (Lipinski definition) is 0. The van der Waals surface area contributed by atoms with E-state index >= 15 is 0 Å². The van der Waals surface area contributed by atoms with E-state index in [9.17, 15) is 13.0 Å². The molecule has 2 aromatic carbocycles. The molecule has 2 rings (SSSR count). The fraction of sp³-hybridized carbons (Fsp3) is 0.0909. The molecular formula is C11H9O4S. The van der Waals surface area contributed by atoms with Crippen molar-refractivity contribution in [3.8, 4) is 5.75 Å². The van der Waals surface area contributed by atoms with Gasteiger partial charge in [-0.15, -0.1) is 0 Å². The van der Waals surface area contributed by atoms with Crippen LogP contribution in [0.15, 0.2) is 41.3 Å². The van der Waals surface area contributed by atoms with Crippen molar-refractivity contribution < 1.29 is 17.7 Å². The summed E-state index contributed by atoms with van der Waals surface area (Å²) in [4.78, 5) is -0.298.